The molecule has 3 rings (SSSR count). The fourth-order valence-corrected chi connectivity index (χ4v) is 2.51. The summed E-state index contributed by atoms with van der Waals surface area (Å²) in [5.74, 6) is 0.486. The molecule has 0 fully saturated rings. The molecule has 8 heteroatoms. The van der Waals surface area contributed by atoms with E-state index in [1.54, 1.807) is 29.3 Å². The minimum atomic E-state index is -0.217. The topological polar surface area (TPSA) is 91.2 Å². The van der Waals surface area contributed by atoms with Crippen molar-refractivity contribution in [3.8, 4) is 0 Å². The third-order valence-corrected chi connectivity index (χ3v) is 3.93. The van der Waals surface area contributed by atoms with Crippen LogP contribution in [0.2, 0.25) is 0 Å². The van der Waals surface area contributed by atoms with Gasteiger partial charge in [-0.05, 0) is 13.1 Å². The highest BCUT2D eigenvalue weighted by molar-refractivity contribution is 5.99. The maximum absolute atomic E-state index is 12.3. The lowest BCUT2D eigenvalue weighted by Crippen LogP contribution is -2.23. The Morgan fingerprint density at radius 3 is 2.83 bits per heavy atom. The van der Waals surface area contributed by atoms with Gasteiger partial charge in [0.1, 0.15) is 11.4 Å². The highest BCUT2D eigenvalue weighted by atomic mass is 16.1. The first kappa shape index (κ1) is 16.1. The molecule has 3 heterocycles. The first-order valence-electron chi connectivity index (χ1n) is 8.02. The summed E-state index contributed by atoms with van der Waals surface area (Å²) in [6.07, 6.45) is 8.63. The molecule has 0 saturated heterocycles. The van der Waals surface area contributed by atoms with Crippen LogP contribution >= 0.6 is 0 Å². The van der Waals surface area contributed by atoms with E-state index < -0.39 is 0 Å². The molecule has 0 spiro atoms. The highest BCUT2D eigenvalue weighted by Gasteiger charge is 2.14. The van der Waals surface area contributed by atoms with Crippen molar-refractivity contribution in [2.75, 3.05) is 13.1 Å². The molecular weight excluding hydrogens is 306 g/mol. The van der Waals surface area contributed by atoms with Crippen molar-refractivity contribution in [2.24, 2.45) is 0 Å². The maximum Gasteiger partial charge on any atom is 0.257 e. The van der Waals surface area contributed by atoms with Crippen molar-refractivity contribution < 1.29 is 4.79 Å². The summed E-state index contributed by atoms with van der Waals surface area (Å²) >= 11 is 0. The van der Waals surface area contributed by atoms with Gasteiger partial charge in [-0.25, -0.2) is 14.5 Å². The molecule has 0 aromatic carbocycles. The molecule has 0 atom stereocenters. The summed E-state index contributed by atoms with van der Waals surface area (Å²) in [6.45, 7) is 7.37. The summed E-state index contributed by atoms with van der Waals surface area (Å²) in [6, 6.07) is 0. The van der Waals surface area contributed by atoms with Crippen molar-refractivity contribution >= 4 is 11.6 Å². The van der Waals surface area contributed by atoms with E-state index in [9.17, 15) is 4.79 Å². The van der Waals surface area contributed by atoms with Crippen LogP contribution in [-0.4, -0.2) is 48.5 Å². The van der Waals surface area contributed by atoms with E-state index in [4.69, 9.17) is 0 Å². The summed E-state index contributed by atoms with van der Waals surface area (Å²) in [4.78, 5) is 26.0. The van der Waals surface area contributed by atoms with Crippen molar-refractivity contribution in [1.82, 2.24) is 34.8 Å². The fourth-order valence-electron chi connectivity index (χ4n) is 2.51. The van der Waals surface area contributed by atoms with Gasteiger partial charge in [-0.15, -0.1) is 0 Å². The molecule has 0 bridgehead atoms. The Balaban J connectivity index is 1.74. The molecule has 1 amide bonds. The number of carbonyl (C=O) groups is 1. The van der Waals surface area contributed by atoms with Gasteiger partial charge in [0.05, 0.1) is 12.7 Å². The number of hydrogen-bond acceptors (Lipinski definition) is 5. The zero-order valence-corrected chi connectivity index (χ0v) is 13.9. The number of rotatable bonds is 7. The largest absolute Gasteiger partial charge is 0.347 e. The summed E-state index contributed by atoms with van der Waals surface area (Å²) in [5.41, 5.74) is 2.07. The van der Waals surface area contributed by atoms with E-state index in [1.165, 1.54) is 0 Å². The molecule has 0 saturated carbocycles. The number of H-pyrrole nitrogens is 1. The Hall–Kier alpha value is -2.74. The number of nitrogens with one attached hydrogen (secondary N) is 2. The van der Waals surface area contributed by atoms with Gasteiger partial charge in [-0.2, -0.15) is 5.10 Å². The van der Waals surface area contributed by atoms with Crippen LogP contribution in [0.15, 0.2) is 31.0 Å². The number of amides is 1. The normalized spacial score (nSPS) is 11.3. The second-order valence-electron chi connectivity index (χ2n) is 5.47. The predicted molar refractivity (Wildman–Crippen MR) is 89.4 cm³/mol. The van der Waals surface area contributed by atoms with E-state index in [1.807, 2.05) is 6.20 Å². The van der Waals surface area contributed by atoms with Crippen LogP contribution in [0.25, 0.3) is 5.65 Å². The summed E-state index contributed by atoms with van der Waals surface area (Å²) in [7, 11) is 0. The SMILES string of the molecule is CCN(CC)Cc1cnc2c(C(=O)NCc3ncc[nH]3)cnn2c1. The third-order valence-electron chi connectivity index (χ3n) is 3.93. The molecule has 3 aromatic heterocycles. The molecule has 0 aliphatic heterocycles. The maximum atomic E-state index is 12.3. The third kappa shape index (κ3) is 3.43. The van der Waals surface area contributed by atoms with Crippen LogP contribution < -0.4 is 5.32 Å². The monoisotopic (exact) mass is 327 g/mol. The number of imidazole rings is 1. The van der Waals surface area contributed by atoms with E-state index in [2.05, 4.69) is 44.1 Å². The molecule has 24 heavy (non-hydrogen) atoms. The average Bonchev–Trinajstić information content (AvgIpc) is 3.26. The quantitative estimate of drug-likeness (QED) is 0.681. The molecule has 2 N–H and O–H groups in total. The van der Waals surface area contributed by atoms with Crippen LogP contribution in [0.4, 0.5) is 0 Å². The second-order valence-corrected chi connectivity index (χ2v) is 5.47. The average molecular weight is 327 g/mol. The Morgan fingerprint density at radius 1 is 1.29 bits per heavy atom. The molecule has 0 unspecified atom stereocenters. The van der Waals surface area contributed by atoms with Crippen LogP contribution in [0, 0.1) is 0 Å². The zero-order chi connectivity index (χ0) is 16.9. The molecule has 3 aromatic rings. The minimum Gasteiger partial charge on any atom is -0.347 e. The van der Waals surface area contributed by atoms with Crippen molar-refractivity contribution in [2.45, 2.75) is 26.9 Å². The number of hydrogen-bond donors (Lipinski definition) is 2. The highest BCUT2D eigenvalue weighted by Crippen LogP contribution is 2.10. The van der Waals surface area contributed by atoms with Crippen molar-refractivity contribution in [3.63, 3.8) is 0 Å². The number of fused-ring (bicyclic) bond motifs is 1. The van der Waals surface area contributed by atoms with Crippen LogP contribution in [0.3, 0.4) is 0 Å². The van der Waals surface area contributed by atoms with E-state index >= 15 is 0 Å². The van der Waals surface area contributed by atoms with Gasteiger partial charge >= 0.3 is 0 Å². The smallest absolute Gasteiger partial charge is 0.257 e. The second kappa shape index (κ2) is 7.22. The van der Waals surface area contributed by atoms with E-state index in [-0.39, 0.29) is 5.91 Å². The van der Waals surface area contributed by atoms with Gasteiger partial charge in [0.2, 0.25) is 0 Å². The Bertz CT molecular complexity index is 805. The number of nitrogens with zero attached hydrogens (tertiary/aromatic N) is 5. The minimum absolute atomic E-state index is 0.217. The van der Waals surface area contributed by atoms with Crippen molar-refractivity contribution in [1.29, 1.82) is 0 Å². The predicted octanol–water partition coefficient (Wildman–Crippen LogP) is 1.22. The number of carbonyl (C=O) groups excluding carboxylic acids is 1. The molecule has 126 valence electrons. The van der Waals surface area contributed by atoms with Crippen molar-refractivity contribution in [3.05, 3.63) is 47.9 Å². The van der Waals surface area contributed by atoms with Gasteiger partial charge in [0, 0.05) is 36.9 Å². The lowest BCUT2D eigenvalue weighted by molar-refractivity contribution is 0.0951. The van der Waals surface area contributed by atoms with Crippen LogP contribution in [0.5, 0.6) is 0 Å². The Morgan fingerprint density at radius 2 is 2.12 bits per heavy atom. The van der Waals surface area contributed by atoms with Gasteiger partial charge in [-0.3, -0.25) is 9.69 Å². The lowest BCUT2D eigenvalue weighted by Gasteiger charge is -2.17. The lowest BCUT2D eigenvalue weighted by atomic mass is 10.3. The zero-order valence-electron chi connectivity index (χ0n) is 13.9. The first-order valence-corrected chi connectivity index (χ1v) is 8.02. The first-order chi connectivity index (χ1) is 11.7. The molecular formula is C16H21N7O. The Kier molecular flexibility index (Phi) is 4.85. The number of aromatic amines is 1. The summed E-state index contributed by atoms with van der Waals surface area (Å²) < 4.78 is 1.65. The Labute approximate surface area is 139 Å². The fraction of sp³-hybridized carbons (Fsp3) is 0.375. The standard InChI is InChI=1S/C16H21N7O/c1-3-22(4-2)10-12-7-19-15-13(8-21-23(15)11-12)16(24)20-9-14-17-5-6-18-14/h5-8,11H,3-4,9-10H2,1-2H3,(H,17,18)(H,20,24). The van der Waals surface area contributed by atoms with Gasteiger partial charge in [0.25, 0.3) is 5.91 Å². The van der Waals surface area contributed by atoms with Gasteiger partial charge in [-0.1, -0.05) is 13.8 Å². The molecule has 0 radical (unpaired) electrons. The molecule has 8 nitrogen and oxygen atoms in total. The summed E-state index contributed by atoms with van der Waals surface area (Å²) in [5, 5.41) is 7.07. The molecule has 0 aliphatic rings. The van der Waals surface area contributed by atoms with Crippen LogP contribution in [-0.2, 0) is 13.1 Å². The van der Waals surface area contributed by atoms with Gasteiger partial charge < -0.3 is 10.3 Å². The molecule has 0 aliphatic carbocycles. The number of aromatic nitrogens is 5. The van der Waals surface area contributed by atoms with E-state index in [0.717, 1.165) is 25.2 Å². The van der Waals surface area contributed by atoms with E-state index in [0.29, 0.717) is 23.6 Å². The van der Waals surface area contributed by atoms with Crippen LogP contribution in [0.1, 0.15) is 35.6 Å². The van der Waals surface area contributed by atoms with Gasteiger partial charge in [0.15, 0.2) is 5.65 Å².